The van der Waals surface area contributed by atoms with Gasteiger partial charge < -0.3 is 15.2 Å². The zero-order chi connectivity index (χ0) is 11.1. The highest BCUT2D eigenvalue weighted by Crippen LogP contribution is 2.51. The van der Waals surface area contributed by atoms with Crippen molar-refractivity contribution in [3.63, 3.8) is 0 Å². The molecule has 0 spiro atoms. The highest BCUT2D eigenvalue weighted by atomic mass is 16.5. The van der Waals surface area contributed by atoms with Crippen LogP contribution in [0.3, 0.4) is 0 Å². The van der Waals surface area contributed by atoms with Crippen LogP contribution in [0.1, 0.15) is 33.6 Å². The minimum Gasteiger partial charge on any atom is -0.392 e. The van der Waals surface area contributed by atoms with Gasteiger partial charge in [-0.25, -0.2) is 0 Å². The third-order valence-electron chi connectivity index (χ3n) is 3.96. The largest absolute Gasteiger partial charge is 0.392 e. The summed E-state index contributed by atoms with van der Waals surface area (Å²) >= 11 is 0. The summed E-state index contributed by atoms with van der Waals surface area (Å²) in [6.07, 6.45) is 2.62. The van der Waals surface area contributed by atoms with E-state index in [1.807, 2.05) is 6.92 Å². The van der Waals surface area contributed by atoms with Crippen molar-refractivity contribution in [2.45, 2.75) is 51.9 Å². The lowest BCUT2D eigenvalue weighted by Gasteiger charge is -2.60. The van der Waals surface area contributed by atoms with Gasteiger partial charge in [-0.3, -0.25) is 0 Å². The molecular weight excluding hydrogens is 190 g/mol. The maximum atomic E-state index is 9.29. The molecule has 0 aromatic carbocycles. The smallest absolute Gasteiger partial charge is 0.0684 e. The van der Waals surface area contributed by atoms with Gasteiger partial charge in [0.25, 0.3) is 0 Å². The first-order chi connectivity index (χ1) is 7.03. The van der Waals surface area contributed by atoms with E-state index in [1.54, 1.807) is 0 Å². The fourth-order valence-corrected chi connectivity index (χ4v) is 3.23. The standard InChI is InChI=1S/C12H23NO2/c1-8(14)7-13-10-9-5-4-6-15-11(9)12(10,2)3/h8-11,13-14H,4-7H2,1-3H3/t8-,9?,10?,11?/m1/s1. The molecule has 2 rings (SSSR count). The summed E-state index contributed by atoms with van der Waals surface area (Å²) in [6.45, 7) is 7.97. The molecule has 88 valence electrons. The molecule has 4 atom stereocenters. The highest BCUT2D eigenvalue weighted by Gasteiger charge is 2.57. The molecular formula is C12H23NO2. The van der Waals surface area contributed by atoms with E-state index in [-0.39, 0.29) is 11.5 Å². The minimum absolute atomic E-state index is 0.222. The van der Waals surface area contributed by atoms with Crippen LogP contribution in [0.15, 0.2) is 0 Å². The zero-order valence-electron chi connectivity index (χ0n) is 9.99. The van der Waals surface area contributed by atoms with Crippen LogP contribution in [0.2, 0.25) is 0 Å². The van der Waals surface area contributed by atoms with Crippen molar-refractivity contribution < 1.29 is 9.84 Å². The summed E-state index contributed by atoms with van der Waals surface area (Å²) < 4.78 is 5.83. The molecule has 3 nitrogen and oxygen atoms in total. The summed E-state index contributed by atoms with van der Waals surface area (Å²) in [5.74, 6) is 0.660. The Hall–Kier alpha value is -0.120. The van der Waals surface area contributed by atoms with Crippen molar-refractivity contribution in [1.29, 1.82) is 0 Å². The Bertz CT molecular complexity index is 228. The van der Waals surface area contributed by atoms with Gasteiger partial charge in [0.2, 0.25) is 0 Å². The molecule has 0 aromatic rings. The van der Waals surface area contributed by atoms with Crippen LogP contribution in [-0.4, -0.2) is 36.5 Å². The molecule has 1 saturated carbocycles. The van der Waals surface area contributed by atoms with Crippen molar-refractivity contribution in [1.82, 2.24) is 5.32 Å². The summed E-state index contributed by atoms with van der Waals surface area (Å²) in [5.41, 5.74) is 0.222. The van der Waals surface area contributed by atoms with Crippen LogP contribution < -0.4 is 5.32 Å². The monoisotopic (exact) mass is 213 g/mol. The number of nitrogens with one attached hydrogen (secondary N) is 1. The summed E-state index contributed by atoms with van der Waals surface area (Å²) in [4.78, 5) is 0. The van der Waals surface area contributed by atoms with Gasteiger partial charge in [-0.05, 0) is 19.8 Å². The fraction of sp³-hybridized carbons (Fsp3) is 1.00. The lowest BCUT2D eigenvalue weighted by Crippen LogP contribution is -2.69. The van der Waals surface area contributed by atoms with Crippen molar-refractivity contribution in [2.24, 2.45) is 11.3 Å². The van der Waals surface area contributed by atoms with Crippen LogP contribution in [0.25, 0.3) is 0 Å². The molecule has 1 aliphatic heterocycles. The maximum Gasteiger partial charge on any atom is 0.0684 e. The fourth-order valence-electron chi connectivity index (χ4n) is 3.23. The minimum atomic E-state index is -0.260. The van der Waals surface area contributed by atoms with E-state index >= 15 is 0 Å². The van der Waals surface area contributed by atoms with Crippen molar-refractivity contribution >= 4 is 0 Å². The number of hydrogen-bond donors (Lipinski definition) is 2. The number of aliphatic hydroxyl groups is 1. The second kappa shape index (κ2) is 4.04. The van der Waals surface area contributed by atoms with Gasteiger partial charge in [-0.1, -0.05) is 13.8 Å². The van der Waals surface area contributed by atoms with Crippen molar-refractivity contribution in [3.05, 3.63) is 0 Å². The van der Waals surface area contributed by atoms with Crippen LogP contribution in [0, 0.1) is 11.3 Å². The van der Waals surface area contributed by atoms with E-state index in [2.05, 4.69) is 19.2 Å². The Labute approximate surface area is 92.2 Å². The second-order valence-electron chi connectivity index (χ2n) is 5.65. The summed E-state index contributed by atoms with van der Waals surface area (Å²) in [7, 11) is 0. The average Bonchev–Trinajstić information content (AvgIpc) is 2.17. The van der Waals surface area contributed by atoms with E-state index in [9.17, 15) is 5.11 Å². The van der Waals surface area contributed by atoms with Gasteiger partial charge >= 0.3 is 0 Å². The van der Waals surface area contributed by atoms with Crippen LogP contribution >= 0.6 is 0 Å². The van der Waals surface area contributed by atoms with Gasteiger partial charge in [0, 0.05) is 30.5 Å². The second-order valence-corrected chi connectivity index (χ2v) is 5.65. The predicted octanol–water partition coefficient (Wildman–Crippen LogP) is 1.16. The van der Waals surface area contributed by atoms with Crippen molar-refractivity contribution in [3.8, 4) is 0 Å². The van der Waals surface area contributed by atoms with Crippen molar-refractivity contribution in [2.75, 3.05) is 13.2 Å². The maximum absolute atomic E-state index is 9.29. The number of ether oxygens (including phenoxy) is 1. The molecule has 15 heavy (non-hydrogen) atoms. The van der Waals surface area contributed by atoms with Crippen LogP contribution in [0.5, 0.6) is 0 Å². The Kier molecular flexibility index (Phi) is 3.06. The molecule has 0 radical (unpaired) electrons. The van der Waals surface area contributed by atoms with E-state index in [0.717, 1.165) is 6.61 Å². The van der Waals surface area contributed by atoms with E-state index < -0.39 is 0 Å². The van der Waals surface area contributed by atoms with E-state index in [0.29, 0.717) is 24.6 Å². The molecule has 3 unspecified atom stereocenters. The Balaban J connectivity index is 1.93. The molecule has 1 aliphatic carbocycles. The molecule has 2 aliphatic rings. The third kappa shape index (κ3) is 1.93. The number of rotatable bonds is 3. The molecule has 1 saturated heterocycles. The van der Waals surface area contributed by atoms with E-state index in [1.165, 1.54) is 12.8 Å². The quantitative estimate of drug-likeness (QED) is 0.739. The van der Waals surface area contributed by atoms with E-state index in [4.69, 9.17) is 4.74 Å². The van der Waals surface area contributed by atoms with Gasteiger partial charge in [-0.15, -0.1) is 0 Å². The first-order valence-electron chi connectivity index (χ1n) is 6.06. The van der Waals surface area contributed by atoms with Gasteiger partial charge in [0.15, 0.2) is 0 Å². The molecule has 0 aromatic heterocycles. The number of fused-ring (bicyclic) bond motifs is 1. The molecule has 2 fully saturated rings. The molecule has 1 heterocycles. The summed E-state index contributed by atoms with van der Waals surface area (Å²) in [6, 6.07) is 0.511. The van der Waals surface area contributed by atoms with Gasteiger partial charge in [-0.2, -0.15) is 0 Å². The molecule has 3 heteroatoms. The topological polar surface area (TPSA) is 41.5 Å². The number of hydrogen-bond acceptors (Lipinski definition) is 3. The lowest BCUT2D eigenvalue weighted by molar-refractivity contribution is -0.193. The lowest BCUT2D eigenvalue weighted by atomic mass is 9.55. The molecule has 0 amide bonds. The van der Waals surface area contributed by atoms with Crippen LogP contribution in [-0.2, 0) is 4.74 Å². The Morgan fingerprint density at radius 2 is 2.27 bits per heavy atom. The molecule has 0 bridgehead atoms. The first-order valence-corrected chi connectivity index (χ1v) is 6.06. The van der Waals surface area contributed by atoms with Crippen LogP contribution in [0.4, 0.5) is 0 Å². The predicted molar refractivity (Wildman–Crippen MR) is 59.7 cm³/mol. The normalized spacial score (nSPS) is 40.4. The number of aliphatic hydroxyl groups excluding tert-OH is 1. The first kappa shape index (κ1) is 11.4. The Morgan fingerprint density at radius 1 is 1.53 bits per heavy atom. The summed E-state index contributed by atoms with van der Waals surface area (Å²) in [5, 5.41) is 12.8. The zero-order valence-corrected chi connectivity index (χ0v) is 9.99. The Morgan fingerprint density at radius 3 is 2.93 bits per heavy atom. The SMILES string of the molecule is C[C@@H](O)CNC1C2CCCOC2C1(C)C. The van der Waals surface area contributed by atoms with Gasteiger partial charge in [0.05, 0.1) is 12.2 Å². The third-order valence-corrected chi connectivity index (χ3v) is 3.96. The molecule has 2 N–H and O–H groups in total. The average molecular weight is 213 g/mol. The highest BCUT2D eigenvalue weighted by molar-refractivity contribution is 5.10. The van der Waals surface area contributed by atoms with Gasteiger partial charge in [0.1, 0.15) is 0 Å².